The van der Waals surface area contributed by atoms with Crippen LogP contribution in [0.25, 0.3) is 0 Å². The number of hydrogen-bond donors (Lipinski definition) is 0. The molecule has 0 saturated heterocycles. The zero-order valence-corrected chi connectivity index (χ0v) is 14.6. The Labute approximate surface area is 145 Å². The molecule has 1 aliphatic rings. The molecule has 0 fully saturated rings. The summed E-state index contributed by atoms with van der Waals surface area (Å²) < 4.78 is 1.82. The zero-order valence-electron chi connectivity index (χ0n) is 13.8. The average Bonchev–Trinajstić information content (AvgIpc) is 3.21. The van der Waals surface area contributed by atoms with Gasteiger partial charge >= 0.3 is 0 Å². The molecule has 122 valence electrons. The van der Waals surface area contributed by atoms with Crippen LogP contribution in [0.15, 0.2) is 48.1 Å². The van der Waals surface area contributed by atoms with Crippen LogP contribution in [0, 0.1) is 6.92 Å². The monoisotopic (exact) mass is 337 g/mol. The van der Waals surface area contributed by atoms with Crippen LogP contribution in [-0.2, 0) is 13.6 Å². The van der Waals surface area contributed by atoms with Crippen LogP contribution in [0.3, 0.4) is 0 Å². The lowest BCUT2D eigenvalue weighted by molar-refractivity contribution is 0.0730. The summed E-state index contributed by atoms with van der Waals surface area (Å²) in [6, 6.07) is 10.4. The van der Waals surface area contributed by atoms with E-state index >= 15 is 0 Å². The molecule has 4 rings (SSSR count). The number of benzene rings is 1. The van der Waals surface area contributed by atoms with Crippen molar-refractivity contribution in [3.8, 4) is 0 Å². The molecular formula is C19H19N3OS. The van der Waals surface area contributed by atoms with Crippen LogP contribution >= 0.6 is 11.3 Å². The van der Waals surface area contributed by atoms with Crippen molar-refractivity contribution in [3.63, 3.8) is 0 Å². The summed E-state index contributed by atoms with van der Waals surface area (Å²) in [7, 11) is 1.93. The molecule has 0 saturated carbocycles. The van der Waals surface area contributed by atoms with E-state index in [1.54, 1.807) is 0 Å². The van der Waals surface area contributed by atoms with Crippen LogP contribution in [0.5, 0.6) is 0 Å². The number of rotatable bonds is 2. The molecule has 0 spiro atoms. The fourth-order valence-electron chi connectivity index (χ4n) is 3.37. The molecule has 2 aromatic heterocycles. The molecule has 0 radical (unpaired) electrons. The van der Waals surface area contributed by atoms with E-state index in [4.69, 9.17) is 0 Å². The Morgan fingerprint density at radius 3 is 2.88 bits per heavy atom. The highest BCUT2D eigenvalue weighted by atomic mass is 32.1. The third-order valence-corrected chi connectivity index (χ3v) is 5.59. The minimum Gasteiger partial charge on any atom is -0.333 e. The molecule has 1 aliphatic heterocycles. The first-order valence-corrected chi connectivity index (χ1v) is 8.90. The second-order valence-corrected chi connectivity index (χ2v) is 7.28. The molecular weight excluding hydrogens is 318 g/mol. The second-order valence-electron chi connectivity index (χ2n) is 6.37. The van der Waals surface area contributed by atoms with Crippen molar-refractivity contribution in [2.75, 3.05) is 6.54 Å². The van der Waals surface area contributed by atoms with Crippen molar-refractivity contribution in [2.45, 2.75) is 19.4 Å². The lowest BCUT2D eigenvalue weighted by Gasteiger charge is -2.34. The van der Waals surface area contributed by atoms with Gasteiger partial charge in [-0.1, -0.05) is 24.3 Å². The van der Waals surface area contributed by atoms with E-state index in [2.05, 4.69) is 23.3 Å². The number of amides is 1. The fraction of sp³-hybridized carbons (Fsp3) is 0.263. The second kappa shape index (κ2) is 5.91. The molecule has 1 aromatic carbocycles. The van der Waals surface area contributed by atoms with Crippen LogP contribution in [0.2, 0.25) is 0 Å². The van der Waals surface area contributed by atoms with Gasteiger partial charge in [-0.25, -0.2) is 0 Å². The minimum atomic E-state index is 0.122. The summed E-state index contributed by atoms with van der Waals surface area (Å²) in [6.07, 6.45) is 3.95. The molecule has 0 unspecified atom stereocenters. The van der Waals surface area contributed by atoms with Gasteiger partial charge in [-0.05, 0) is 40.6 Å². The average molecular weight is 337 g/mol. The summed E-state index contributed by atoms with van der Waals surface area (Å²) in [4.78, 5) is 15.7. The van der Waals surface area contributed by atoms with Crippen molar-refractivity contribution in [3.05, 3.63) is 75.2 Å². The van der Waals surface area contributed by atoms with Gasteiger partial charge in [0.25, 0.3) is 5.91 Å². The topological polar surface area (TPSA) is 38.1 Å². The van der Waals surface area contributed by atoms with Gasteiger partial charge in [0.2, 0.25) is 0 Å². The van der Waals surface area contributed by atoms with Crippen molar-refractivity contribution in [1.82, 2.24) is 14.7 Å². The zero-order chi connectivity index (χ0) is 16.7. The minimum absolute atomic E-state index is 0.122. The Morgan fingerprint density at radius 1 is 1.33 bits per heavy atom. The molecule has 1 amide bonds. The van der Waals surface area contributed by atoms with Gasteiger partial charge in [0, 0.05) is 32.3 Å². The highest BCUT2D eigenvalue weighted by Gasteiger charge is 2.30. The maximum absolute atomic E-state index is 12.9. The molecule has 3 aromatic rings. The summed E-state index contributed by atoms with van der Waals surface area (Å²) >= 11 is 1.53. The van der Waals surface area contributed by atoms with Gasteiger partial charge in [0.15, 0.2) is 0 Å². The summed E-state index contributed by atoms with van der Waals surface area (Å²) in [5, 5.41) is 6.34. The number of aromatic nitrogens is 2. The molecule has 1 atom stereocenters. The molecule has 0 aliphatic carbocycles. The first-order valence-electron chi connectivity index (χ1n) is 8.02. The number of aryl methyl sites for hydroxylation is 2. The smallest absolute Gasteiger partial charge is 0.264 e. The molecule has 0 bridgehead atoms. The van der Waals surface area contributed by atoms with E-state index in [1.165, 1.54) is 22.5 Å². The van der Waals surface area contributed by atoms with Crippen LogP contribution in [0.4, 0.5) is 0 Å². The van der Waals surface area contributed by atoms with E-state index in [0.717, 1.165) is 16.0 Å². The summed E-state index contributed by atoms with van der Waals surface area (Å²) in [6.45, 7) is 3.39. The van der Waals surface area contributed by atoms with Crippen molar-refractivity contribution >= 4 is 17.2 Å². The van der Waals surface area contributed by atoms with E-state index in [9.17, 15) is 4.79 Å². The number of hydrogen-bond acceptors (Lipinski definition) is 3. The fourth-order valence-corrected chi connectivity index (χ4v) is 4.23. The molecule has 4 nitrogen and oxygen atoms in total. The number of fused-ring (bicyclic) bond motifs is 1. The normalized spacial score (nSPS) is 16.9. The Bertz CT molecular complexity index is 895. The number of carbonyl (C=O) groups excluding carboxylic acids is 1. The highest BCUT2D eigenvalue weighted by Crippen LogP contribution is 2.34. The summed E-state index contributed by atoms with van der Waals surface area (Å²) in [5.74, 6) is 0.296. The summed E-state index contributed by atoms with van der Waals surface area (Å²) in [5.41, 5.74) is 4.82. The van der Waals surface area contributed by atoms with Gasteiger partial charge in [-0.2, -0.15) is 5.10 Å². The number of nitrogens with zero attached hydrogens (tertiary/aromatic N) is 3. The highest BCUT2D eigenvalue weighted by molar-refractivity contribution is 7.12. The van der Waals surface area contributed by atoms with E-state index in [0.29, 0.717) is 13.1 Å². The predicted molar refractivity (Wildman–Crippen MR) is 95.3 cm³/mol. The maximum atomic E-state index is 12.9. The molecule has 0 N–H and O–H groups in total. The van der Waals surface area contributed by atoms with Crippen LogP contribution in [-0.4, -0.2) is 27.1 Å². The third-order valence-electron chi connectivity index (χ3n) is 4.55. The Balaban J connectivity index is 1.71. The van der Waals surface area contributed by atoms with Crippen LogP contribution in [0.1, 0.15) is 37.8 Å². The third kappa shape index (κ3) is 2.65. The molecule has 24 heavy (non-hydrogen) atoms. The van der Waals surface area contributed by atoms with Gasteiger partial charge in [0.05, 0.1) is 11.1 Å². The van der Waals surface area contributed by atoms with Gasteiger partial charge in [0.1, 0.15) is 0 Å². The standard InChI is InChI=1S/C19H19N3OS/c1-13-7-18(24-12-13)19(23)22-10-14-5-3-4-6-16(14)17(11-22)15-8-20-21(2)9-15/h3-9,12,17H,10-11H2,1-2H3/t17-/m0/s1. The first-order chi connectivity index (χ1) is 11.6. The number of carbonyl (C=O) groups is 1. The van der Waals surface area contributed by atoms with Gasteiger partial charge < -0.3 is 4.90 Å². The van der Waals surface area contributed by atoms with Crippen molar-refractivity contribution in [1.29, 1.82) is 0 Å². The van der Waals surface area contributed by atoms with Crippen LogP contribution < -0.4 is 0 Å². The predicted octanol–water partition coefficient (Wildman–Crippen LogP) is 3.58. The molecule has 5 heteroatoms. The van der Waals surface area contributed by atoms with Crippen molar-refractivity contribution in [2.24, 2.45) is 7.05 Å². The molecule has 3 heterocycles. The SMILES string of the molecule is Cc1csc(C(=O)N2Cc3ccccc3[C@H](c3cnn(C)c3)C2)c1. The largest absolute Gasteiger partial charge is 0.333 e. The van der Waals surface area contributed by atoms with E-state index < -0.39 is 0 Å². The van der Waals surface area contributed by atoms with E-state index in [1.807, 2.05) is 53.5 Å². The maximum Gasteiger partial charge on any atom is 0.264 e. The van der Waals surface area contributed by atoms with Gasteiger partial charge in [-0.15, -0.1) is 11.3 Å². The lowest BCUT2D eigenvalue weighted by atomic mass is 9.86. The quantitative estimate of drug-likeness (QED) is 0.717. The van der Waals surface area contributed by atoms with Gasteiger partial charge in [-0.3, -0.25) is 9.48 Å². The first kappa shape index (κ1) is 15.1. The Kier molecular flexibility index (Phi) is 3.73. The Morgan fingerprint density at radius 2 is 2.17 bits per heavy atom. The van der Waals surface area contributed by atoms with Crippen molar-refractivity contribution < 1.29 is 4.79 Å². The number of thiophene rings is 1. The Hall–Kier alpha value is -2.40. The van der Waals surface area contributed by atoms with E-state index in [-0.39, 0.29) is 11.8 Å². The lowest BCUT2D eigenvalue weighted by Crippen LogP contribution is -2.38.